The van der Waals surface area contributed by atoms with Crippen LogP contribution in [0.15, 0.2) is 115 Å². The van der Waals surface area contributed by atoms with Gasteiger partial charge in [0.1, 0.15) is 11.4 Å². The number of amides is 1. The maximum atomic E-state index is 14.2. The highest BCUT2D eigenvalue weighted by atomic mass is 16.6. The number of hydrogen-bond donors (Lipinski definition) is 0. The summed E-state index contributed by atoms with van der Waals surface area (Å²) in [6.45, 7) is 0.927. The number of methoxy groups -OCH3 is 1. The summed E-state index contributed by atoms with van der Waals surface area (Å²) < 4.78 is 6.84. The van der Waals surface area contributed by atoms with Crippen molar-refractivity contribution in [2.24, 2.45) is 0 Å². The van der Waals surface area contributed by atoms with E-state index in [0.717, 1.165) is 16.7 Å². The summed E-state index contributed by atoms with van der Waals surface area (Å²) in [5.41, 5.74) is 4.45. The average molecular weight is 533 g/mol. The van der Waals surface area contributed by atoms with Gasteiger partial charge in [0, 0.05) is 30.8 Å². The van der Waals surface area contributed by atoms with Crippen LogP contribution in [0.3, 0.4) is 0 Å². The minimum Gasteiger partial charge on any atom is -0.497 e. The number of nitro groups is 1. The molecule has 0 radical (unpaired) electrons. The molecule has 0 saturated heterocycles. The highest BCUT2D eigenvalue weighted by Gasteiger charge is 2.24. The Balaban J connectivity index is 1.54. The van der Waals surface area contributed by atoms with Crippen LogP contribution in [0.4, 0.5) is 5.69 Å². The zero-order chi connectivity index (χ0) is 27.9. The van der Waals surface area contributed by atoms with E-state index in [1.807, 2.05) is 89.8 Å². The van der Waals surface area contributed by atoms with Gasteiger partial charge in [-0.3, -0.25) is 14.9 Å². The Morgan fingerprint density at radius 3 is 2.10 bits per heavy atom. The van der Waals surface area contributed by atoms with Crippen molar-refractivity contribution < 1.29 is 14.5 Å². The summed E-state index contributed by atoms with van der Waals surface area (Å²) in [6, 6.07) is 35.1. The Hall–Kier alpha value is -5.24. The van der Waals surface area contributed by atoms with Crippen molar-refractivity contribution in [1.29, 1.82) is 0 Å². The number of rotatable bonds is 10. The number of hydrogen-bond acceptors (Lipinski definition) is 5. The van der Waals surface area contributed by atoms with E-state index in [4.69, 9.17) is 9.84 Å². The van der Waals surface area contributed by atoms with Crippen molar-refractivity contribution in [2.75, 3.05) is 13.7 Å². The largest absolute Gasteiger partial charge is 0.497 e. The molecule has 0 aliphatic rings. The Bertz CT molecular complexity index is 1580. The third-order valence-corrected chi connectivity index (χ3v) is 6.64. The molecule has 0 saturated carbocycles. The van der Waals surface area contributed by atoms with E-state index in [1.165, 1.54) is 12.1 Å². The van der Waals surface area contributed by atoms with Gasteiger partial charge < -0.3 is 9.64 Å². The van der Waals surface area contributed by atoms with Crippen LogP contribution in [0.1, 0.15) is 21.6 Å². The van der Waals surface area contributed by atoms with Crippen LogP contribution < -0.4 is 4.74 Å². The van der Waals surface area contributed by atoms with Gasteiger partial charge in [-0.05, 0) is 60.0 Å². The van der Waals surface area contributed by atoms with Crippen molar-refractivity contribution in [3.8, 4) is 22.7 Å². The molecule has 1 heterocycles. The second-order valence-electron chi connectivity index (χ2n) is 9.28. The molecule has 0 unspecified atom stereocenters. The molecule has 1 amide bonds. The molecule has 4 aromatic carbocycles. The normalized spacial score (nSPS) is 10.7. The van der Waals surface area contributed by atoms with Gasteiger partial charge in [0.05, 0.1) is 23.4 Å². The third-order valence-electron chi connectivity index (χ3n) is 6.64. The Kier molecular flexibility index (Phi) is 7.97. The van der Waals surface area contributed by atoms with Gasteiger partial charge in [0.2, 0.25) is 0 Å². The average Bonchev–Trinajstić information content (AvgIpc) is 3.45. The lowest BCUT2D eigenvalue weighted by Gasteiger charge is -2.23. The van der Waals surface area contributed by atoms with E-state index < -0.39 is 4.92 Å². The number of ether oxygens (including phenoxy) is 1. The van der Waals surface area contributed by atoms with Gasteiger partial charge >= 0.3 is 0 Å². The van der Waals surface area contributed by atoms with Crippen molar-refractivity contribution in [3.63, 3.8) is 0 Å². The van der Waals surface area contributed by atoms with Crippen molar-refractivity contribution in [2.45, 2.75) is 13.0 Å². The molecule has 5 rings (SSSR count). The molecule has 0 fully saturated rings. The van der Waals surface area contributed by atoms with Crippen LogP contribution in [0.5, 0.6) is 5.75 Å². The molecule has 0 bridgehead atoms. The van der Waals surface area contributed by atoms with Gasteiger partial charge in [-0.1, -0.05) is 60.7 Å². The Labute approximate surface area is 232 Å². The van der Waals surface area contributed by atoms with Gasteiger partial charge in [0.15, 0.2) is 0 Å². The van der Waals surface area contributed by atoms with E-state index in [1.54, 1.807) is 30.0 Å². The van der Waals surface area contributed by atoms with E-state index in [2.05, 4.69) is 0 Å². The molecule has 8 nitrogen and oxygen atoms in total. The monoisotopic (exact) mass is 532 g/mol. The van der Waals surface area contributed by atoms with Crippen LogP contribution in [0.25, 0.3) is 16.9 Å². The predicted octanol–water partition coefficient (Wildman–Crippen LogP) is 6.34. The number of non-ortho nitro benzene ring substituents is 1. The summed E-state index contributed by atoms with van der Waals surface area (Å²) >= 11 is 0. The van der Waals surface area contributed by atoms with E-state index in [9.17, 15) is 14.9 Å². The van der Waals surface area contributed by atoms with Gasteiger partial charge in [-0.25, -0.2) is 4.68 Å². The summed E-state index contributed by atoms with van der Waals surface area (Å²) in [5.74, 6) is 0.523. The molecule has 200 valence electrons. The number of nitro benzene ring substituents is 1. The lowest BCUT2D eigenvalue weighted by atomic mass is 10.1. The van der Waals surface area contributed by atoms with Crippen molar-refractivity contribution in [1.82, 2.24) is 14.7 Å². The molecule has 8 heteroatoms. The summed E-state index contributed by atoms with van der Waals surface area (Å²) in [5, 5.41) is 16.0. The molecule has 40 heavy (non-hydrogen) atoms. The molecule has 5 aromatic rings. The summed E-state index contributed by atoms with van der Waals surface area (Å²) in [6.07, 6.45) is 0.691. The minimum atomic E-state index is -0.451. The van der Waals surface area contributed by atoms with Crippen molar-refractivity contribution in [3.05, 3.63) is 142 Å². The lowest BCUT2D eigenvalue weighted by Crippen LogP contribution is -2.34. The predicted molar refractivity (Wildman–Crippen MR) is 154 cm³/mol. The quantitative estimate of drug-likeness (QED) is 0.155. The van der Waals surface area contributed by atoms with Crippen LogP contribution in [0.2, 0.25) is 0 Å². The Morgan fingerprint density at radius 1 is 0.875 bits per heavy atom. The number of carbonyl (C=O) groups excluding carboxylic acids is 1. The molecule has 0 spiro atoms. The van der Waals surface area contributed by atoms with E-state index in [0.29, 0.717) is 42.3 Å². The highest BCUT2D eigenvalue weighted by Crippen LogP contribution is 2.26. The molecular weight excluding hydrogens is 504 g/mol. The molecule has 1 aromatic heterocycles. The van der Waals surface area contributed by atoms with Crippen molar-refractivity contribution >= 4 is 11.6 Å². The maximum Gasteiger partial charge on any atom is 0.272 e. The van der Waals surface area contributed by atoms with E-state index >= 15 is 0 Å². The third kappa shape index (κ3) is 6.07. The molecule has 0 N–H and O–H groups in total. The number of nitrogens with zero attached hydrogens (tertiary/aromatic N) is 4. The molecule has 0 atom stereocenters. The lowest BCUT2D eigenvalue weighted by molar-refractivity contribution is -0.384. The second-order valence-corrected chi connectivity index (χ2v) is 9.28. The van der Waals surface area contributed by atoms with E-state index in [-0.39, 0.29) is 11.6 Å². The van der Waals surface area contributed by atoms with Crippen LogP contribution in [0, 0.1) is 10.1 Å². The van der Waals surface area contributed by atoms with Crippen LogP contribution in [-0.4, -0.2) is 39.2 Å². The number of carbonyl (C=O) groups is 1. The van der Waals surface area contributed by atoms with Gasteiger partial charge in [-0.15, -0.1) is 0 Å². The SMILES string of the molecule is COc1ccc(-c2cc(C(=O)N(CCc3ccccc3)Cc3ccccc3)n(-c3ccc([N+](=O)[O-])cc3)n2)cc1. The van der Waals surface area contributed by atoms with Crippen LogP contribution >= 0.6 is 0 Å². The van der Waals surface area contributed by atoms with Gasteiger partial charge in [0.25, 0.3) is 11.6 Å². The summed E-state index contributed by atoms with van der Waals surface area (Å²) in [7, 11) is 1.60. The smallest absolute Gasteiger partial charge is 0.272 e. The molecule has 0 aliphatic heterocycles. The van der Waals surface area contributed by atoms with Gasteiger partial charge in [-0.2, -0.15) is 5.10 Å². The highest BCUT2D eigenvalue weighted by molar-refractivity contribution is 5.94. The summed E-state index contributed by atoms with van der Waals surface area (Å²) in [4.78, 5) is 26.8. The number of benzene rings is 4. The maximum absolute atomic E-state index is 14.2. The van der Waals surface area contributed by atoms with Crippen LogP contribution in [-0.2, 0) is 13.0 Å². The molecule has 0 aliphatic carbocycles. The fraction of sp³-hybridized carbons (Fsp3) is 0.125. The topological polar surface area (TPSA) is 90.5 Å². The fourth-order valence-electron chi connectivity index (χ4n) is 4.48. The number of aromatic nitrogens is 2. The molecular formula is C32H28N4O4. The Morgan fingerprint density at radius 2 is 1.50 bits per heavy atom. The zero-order valence-electron chi connectivity index (χ0n) is 22.0. The first-order valence-electron chi connectivity index (χ1n) is 12.9. The fourth-order valence-corrected chi connectivity index (χ4v) is 4.48. The zero-order valence-corrected chi connectivity index (χ0v) is 22.0. The first-order valence-corrected chi connectivity index (χ1v) is 12.9. The first kappa shape index (κ1) is 26.4. The second kappa shape index (κ2) is 12.1. The first-order chi connectivity index (χ1) is 19.5. The minimum absolute atomic E-state index is 0.0345. The standard InChI is InChI=1S/C32H28N4O4/c1-40-29-18-12-26(13-19-29)30-22-31(35(33-30)27-14-16-28(17-15-27)36(38)39)32(37)34(23-25-10-6-3-7-11-25)21-20-24-8-4-2-5-9-24/h2-19,22H,20-21,23H2,1H3.